The highest BCUT2D eigenvalue weighted by Crippen LogP contribution is 2.18. The summed E-state index contributed by atoms with van der Waals surface area (Å²) in [5.74, 6) is 0.290. The van der Waals surface area contributed by atoms with Crippen molar-refractivity contribution in [1.82, 2.24) is 15.2 Å². The maximum absolute atomic E-state index is 11.8. The molecule has 6 nitrogen and oxygen atoms in total. The zero-order valence-corrected chi connectivity index (χ0v) is 13.2. The summed E-state index contributed by atoms with van der Waals surface area (Å²) in [4.78, 5) is 11.8. The van der Waals surface area contributed by atoms with Crippen molar-refractivity contribution in [3.8, 4) is 5.75 Å². The SMILES string of the molecule is CC(Oc1cccc(Br)c1)C(=O)N/N=C/c1cnn(C)c1. The molecule has 1 aromatic carbocycles. The van der Waals surface area contributed by atoms with E-state index in [2.05, 4.69) is 31.6 Å². The van der Waals surface area contributed by atoms with Gasteiger partial charge in [-0.3, -0.25) is 9.48 Å². The zero-order chi connectivity index (χ0) is 15.2. The van der Waals surface area contributed by atoms with Crippen LogP contribution in [0.1, 0.15) is 12.5 Å². The van der Waals surface area contributed by atoms with Crippen LogP contribution in [-0.4, -0.2) is 28.0 Å². The van der Waals surface area contributed by atoms with Gasteiger partial charge in [0, 0.05) is 23.3 Å². The molecule has 1 heterocycles. The van der Waals surface area contributed by atoms with Gasteiger partial charge < -0.3 is 4.74 Å². The van der Waals surface area contributed by atoms with Crippen molar-refractivity contribution in [1.29, 1.82) is 0 Å². The third kappa shape index (κ3) is 4.71. The molecule has 0 saturated carbocycles. The van der Waals surface area contributed by atoms with Crippen LogP contribution in [-0.2, 0) is 11.8 Å². The van der Waals surface area contributed by atoms with Gasteiger partial charge in [0.2, 0.25) is 0 Å². The predicted octanol–water partition coefficient (Wildman–Crippen LogP) is 2.10. The molecule has 1 unspecified atom stereocenters. The Labute approximate surface area is 130 Å². The van der Waals surface area contributed by atoms with Crippen molar-refractivity contribution in [3.63, 3.8) is 0 Å². The highest BCUT2D eigenvalue weighted by atomic mass is 79.9. The van der Waals surface area contributed by atoms with Crippen LogP contribution in [0.25, 0.3) is 0 Å². The van der Waals surface area contributed by atoms with Crippen LogP contribution in [0.5, 0.6) is 5.75 Å². The van der Waals surface area contributed by atoms with Gasteiger partial charge >= 0.3 is 0 Å². The number of hydrogen-bond donors (Lipinski definition) is 1. The monoisotopic (exact) mass is 350 g/mol. The average Bonchev–Trinajstić information content (AvgIpc) is 2.84. The van der Waals surface area contributed by atoms with Crippen LogP contribution in [0.2, 0.25) is 0 Å². The second kappa shape index (κ2) is 7.03. The van der Waals surface area contributed by atoms with Crippen molar-refractivity contribution >= 4 is 28.1 Å². The Morgan fingerprint density at radius 3 is 3.05 bits per heavy atom. The summed E-state index contributed by atoms with van der Waals surface area (Å²) in [6.45, 7) is 1.66. The van der Waals surface area contributed by atoms with E-state index < -0.39 is 6.10 Å². The Hall–Kier alpha value is -2.15. The number of carbonyl (C=O) groups excluding carboxylic acids is 1. The third-order valence-corrected chi connectivity index (χ3v) is 3.08. The zero-order valence-electron chi connectivity index (χ0n) is 11.7. The maximum Gasteiger partial charge on any atom is 0.280 e. The molecule has 7 heteroatoms. The van der Waals surface area contributed by atoms with E-state index in [1.807, 2.05) is 19.2 Å². The van der Waals surface area contributed by atoms with Crippen LogP contribution in [0.4, 0.5) is 0 Å². The lowest BCUT2D eigenvalue weighted by atomic mass is 10.3. The summed E-state index contributed by atoms with van der Waals surface area (Å²) in [5.41, 5.74) is 3.24. The number of hydrogen-bond acceptors (Lipinski definition) is 4. The second-order valence-corrected chi connectivity index (χ2v) is 5.31. The number of aryl methyl sites for hydroxylation is 1. The molecule has 1 N–H and O–H groups in total. The van der Waals surface area contributed by atoms with E-state index in [9.17, 15) is 4.79 Å². The van der Waals surface area contributed by atoms with Gasteiger partial charge in [-0.2, -0.15) is 10.2 Å². The molecule has 0 fully saturated rings. The number of amides is 1. The Balaban J connectivity index is 1.86. The molecule has 0 aliphatic carbocycles. The van der Waals surface area contributed by atoms with Gasteiger partial charge in [-0.1, -0.05) is 22.0 Å². The Bertz CT molecular complexity index is 654. The number of ether oxygens (including phenoxy) is 1. The van der Waals surface area contributed by atoms with E-state index >= 15 is 0 Å². The summed E-state index contributed by atoms with van der Waals surface area (Å²) in [7, 11) is 1.81. The fourth-order valence-corrected chi connectivity index (χ4v) is 1.94. The molecule has 1 aromatic heterocycles. The molecule has 0 aliphatic heterocycles. The Morgan fingerprint density at radius 1 is 1.57 bits per heavy atom. The van der Waals surface area contributed by atoms with Crippen molar-refractivity contribution in [2.45, 2.75) is 13.0 Å². The highest BCUT2D eigenvalue weighted by Gasteiger charge is 2.13. The van der Waals surface area contributed by atoms with Gasteiger partial charge in [-0.25, -0.2) is 5.43 Å². The normalized spacial score (nSPS) is 12.3. The maximum atomic E-state index is 11.8. The lowest BCUT2D eigenvalue weighted by Crippen LogP contribution is -2.33. The highest BCUT2D eigenvalue weighted by molar-refractivity contribution is 9.10. The van der Waals surface area contributed by atoms with Crippen LogP contribution in [0.15, 0.2) is 46.2 Å². The first-order valence-electron chi connectivity index (χ1n) is 6.28. The minimum absolute atomic E-state index is 0.324. The molecule has 110 valence electrons. The van der Waals surface area contributed by atoms with Crippen LogP contribution in [0.3, 0.4) is 0 Å². The number of rotatable bonds is 5. The van der Waals surface area contributed by atoms with Crippen molar-refractivity contribution in [3.05, 3.63) is 46.7 Å². The van der Waals surface area contributed by atoms with E-state index in [1.54, 1.807) is 36.1 Å². The predicted molar refractivity (Wildman–Crippen MR) is 83.2 cm³/mol. The van der Waals surface area contributed by atoms with Gasteiger partial charge in [0.25, 0.3) is 5.91 Å². The smallest absolute Gasteiger partial charge is 0.280 e. The number of halogens is 1. The quantitative estimate of drug-likeness (QED) is 0.663. The first-order valence-corrected chi connectivity index (χ1v) is 7.07. The first-order chi connectivity index (χ1) is 10.0. The molecule has 1 atom stereocenters. The molecular formula is C14H15BrN4O2. The summed E-state index contributed by atoms with van der Waals surface area (Å²) in [5, 5.41) is 7.87. The van der Waals surface area contributed by atoms with Gasteiger partial charge in [0.15, 0.2) is 6.10 Å². The minimum Gasteiger partial charge on any atom is -0.481 e. The Kier molecular flexibility index (Phi) is 5.10. The van der Waals surface area contributed by atoms with E-state index in [-0.39, 0.29) is 5.91 Å². The topological polar surface area (TPSA) is 68.5 Å². The molecule has 1 amide bonds. The molecule has 2 rings (SSSR count). The number of carbonyl (C=O) groups is 1. The lowest BCUT2D eigenvalue weighted by Gasteiger charge is -2.12. The number of aromatic nitrogens is 2. The summed E-state index contributed by atoms with van der Waals surface area (Å²) < 4.78 is 8.08. The molecule has 0 bridgehead atoms. The molecular weight excluding hydrogens is 336 g/mol. The van der Waals surface area contributed by atoms with E-state index in [4.69, 9.17) is 4.74 Å². The van der Waals surface area contributed by atoms with E-state index in [0.29, 0.717) is 5.75 Å². The molecule has 21 heavy (non-hydrogen) atoms. The second-order valence-electron chi connectivity index (χ2n) is 4.40. The van der Waals surface area contributed by atoms with Crippen molar-refractivity contribution < 1.29 is 9.53 Å². The first kappa shape index (κ1) is 15.2. The van der Waals surface area contributed by atoms with Crippen LogP contribution in [0, 0.1) is 0 Å². The van der Waals surface area contributed by atoms with Crippen molar-refractivity contribution in [2.75, 3.05) is 0 Å². The van der Waals surface area contributed by atoms with Gasteiger partial charge in [0.1, 0.15) is 5.75 Å². The number of nitrogens with one attached hydrogen (secondary N) is 1. The summed E-state index contributed by atoms with van der Waals surface area (Å²) in [6.07, 6.45) is 4.32. The van der Waals surface area contributed by atoms with E-state index in [0.717, 1.165) is 10.0 Å². The van der Waals surface area contributed by atoms with Gasteiger partial charge in [-0.15, -0.1) is 0 Å². The minimum atomic E-state index is -0.648. The van der Waals surface area contributed by atoms with E-state index in [1.165, 1.54) is 6.21 Å². The molecule has 2 aromatic rings. The number of nitrogens with zero attached hydrogens (tertiary/aromatic N) is 3. The lowest BCUT2D eigenvalue weighted by molar-refractivity contribution is -0.127. The average molecular weight is 351 g/mol. The molecule has 0 aliphatic rings. The Morgan fingerprint density at radius 2 is 2.38 bits per heavy atom. The summed E-state index contributed by atoms with van der Waals surface area (Å²) in [6, 6.07) is 7.30. The standard InChI is InChI=1S/C14H15BrN4O2/c1-10(21-13-5-3-4-12(15)6-13)14(20)18-16-7-11-8-17-19(2)9-11/h3-10H,1-2H3,(H,18,20)/b16-7+. The number of hydrazone groups is 1. The van der Waals surface area contributed by atoms with Crippen LogP contribution < -0.4 is 10.2 Å². The largest absolute Gasteiger partial charge is 0.481 e. The fraction of sp³-hybridized carbons (Fsp3) is 0.214. The van der Waals surface area contributed by atoms with Gasteiger partial charge in [0.05, 0.1) is 12.4 Å². The van der Waals surface area contributed by atoms with Gasteiger partial charge in [-0.05, 0) is 25.1 Å². The fourth-order valence-electron chi connectivity index (χ4n) is 1.57. The molecule has 0 saturated heterocycles. The molecule has 0 radical (unpaired) electrons. The van der Waals surface area contributed by atoms with Crippen LogP contribution >= 0.6 is 15.9 Å². The molecule has 0 spiro atoms. The number of benzene rings is 1. The summed E-state index contributed by atoms with van der Waals surface area (Å²) >= 11 is 3.35. The third-order valence-electron chi connectivity index (χ3n) is 2.59. The van der Waals surface area contributed by atoms with Crippen molar-refractivity contribution in [2.24, 2.45) is 12.1 Å².